The SMILES string of the molecule is CCCCCNC1CC(C)(CC)Oc2c1ccc(C)c2C. The molecular formula is C19H31NO. The molecule has 0 spiro atoms. The molecule has 2 heteroatoms. The number of hydrogen-bond acceptors (Lipinski definition) is 2. The third-order valence-electron chi connectivity index (χ3n) is 4.99. The van der Waals surface area contributed by atoms with Crippen LogP contribution in [0.25, 0.3) is 0 Å². The summed E-state index contributed by atoms with van der Waals surface area (Å²) in [7, 11) is 0. The molecule has 0 amide bonds. The number of fused-ring (bicyclic) bond motifs is 1. The topological polar surface area (TPSA) is 21.3 Å². The van der Waals surface area contributed by atoms with Crippen molar-refractivity contribution in [2.24, 2.45) is 0 Å². The molecule has 0 aromatic heterocycles. The van der Waals surface area contributed by atoms with Gasteiger partial charge in [0.25, 0.3) is 0 Å². The van der Waals surface area contributed by atoms with Crippen molar-refractivity contribution in [2.45, 2.75) is 78.4 Å². The summed E-state index contributed by atoms with van der Waals surface area (Å²) in [6, 6.07) is 4.91. The average Bonchev–Trinajstić information content (AvgIpc) is 2.48. The molecule has 0 fully saturated rings. The second kappa shape index (κ2) is 6.83. The summed E-state index contributed by atoms with van der Waals surface area (Å²) in [4.78, 5) is 0. The van der Waals surface area contributed by atoms with E-state index in [0.717, 1.165) is 25.1 Å². The van der Waals surface area contributed by atoms with Crippen molar-refractivity contribution in [1.82, 2.24) is 5.32 Å². The zero-order valence-electron chi connectivity index (χ0n) is 14.4. The molecule has 1 N–H and O–H groups in total. The van der Waals surface area contributed by atoms with E-state index in [4.69, 9.17) is 4.74 Å². The first-order valence-corrected chi connectivity index (χ1v) is 8.53. The van der Waals surface area contributed by atoms with E-state index in [0.29, 0.717) is 6.04 Å². The smallest absolute Gasteiger partial charge is 0.128 e. The number of rotatable bonds is 6. The summed E-state index contributed by atoms with van der Waals surface area (Å²) in [6.45, 7) is 12.2. The maximum absolute atomic E-state index is 6.40. The fourth-order valence-electron chi connectivity index (χ4n) is 3.10. The van der Waals surface area contributed by atoms with Gasteiger partial charge < -0.3 is 10.1 Å². The molecule has 1 aromatic rings. The molecule has 0 aliphatic carbocycles. The molecule has 1 heterocycles. The van der Waals surface area contributed by atoms with Gasteiger partial charge in [-0.05, 0) is 51.3 Å². The Kier molecular flexibility index (Phi) is 5.32. The third-order valence-corrected chi connectivity index (χ3v) is 4.99. The third kappa shape index (κ3) is 3.60. The largest absolute Gasteiger partial charge is 0.487 e. The molecule has 1 aliphatic rings. The molecule has 21 heavy (non-hydrogen) atoms. The Morgan fingerprint density at radius 1 is 1.24 bits per heavy atom. The highest BCUT2D eigenvalue weighted by Crippen LogP contribution is 2.43. The molecule has 1 aliphatic heterocycles. The molecule has 2 unspecified atom stereocenters. The van der Waals surface area contributed by atoms with Crippen molar-refractivity contribution in [3.05, 3.63) is 28.8 Å². The standard InChI is InChI=1S/C19H31NO/c1-6-8-9-12-20-17-13-19(5,7-2)21-18-15(4)14(3)10-11-16(17)18/h10-11,17,20H,6-9,12-13H2,1-5H3. The highest BCUT2D eigenvalue weighted by atomic mass is 16.5. The predicted octanol–water partition coefficient (Wildman–Crippen LogP) is 5.08. The van der Waals surface area contributed by atoms with Gasteiger partial charge in [-0.15, -0.1) is 0 Å². The summed E-state index contributed by atoms with van der Waals surface area (Å²) >= 11 is 0. The Labute approximate surface area is 130 Å². The lowest BCUT2D eigenvalue weighted by atomic mass is 9.85. The second-order valence-electron chi connectivity index (χ2n) is 6.75. The quantitative estimate of drug-likeness (QED) is 0.738. The minimum absolute atomic E-state index is 0.0476. The molecule has 2 nitrogen and oxygen atoms in total. The van der Waals surface area contributed by atoms with E-state index < -0.39 is 0 Å². The van der Waals surface area contributed by atoms with Gasteiger partial charge in [-0.3, -0.25) is 0 Å². The van der Waals surface area contributed by atoms with Crippen LogP contribution < -0.4 is 10.1 Å². The van der Waals surface area contributed by atoms with Crippen molar-refractivity contribution < 1.29 is 4.74 Å². The summed E-state index contributed by atoms with van der Waals surface area (Å²) in [5.41, 5.74) is 3.92. The second-order valence-corrected chi connectivity index (χ2v) is 6.75. The Hall–Kier alpha value is -1.02. The van der Waals surface area contributed by atoms with Crippen LogP contribution in [0.15, 0.2) is 12.1 Å². The van der Waals surface area contributed by atoms with Crippen LogP contribution in [-0.2, 0) is 0 Å². The van der Waals surface area contributed by atoms with E-state index >= 15 is 0 Å². The average molecular weight is 289 g/mol. The first kappa shape index (κ1) is 16.4. The normalized spacial score (nSPS) is 24.5. The molecule has 2 atom stereocenters. The lowest BCUT2D eigenvalue weighted by Gasteiger charge is -2.41. The molecule has 0 bridgehead atoms. The Morgan fingerprint density at radius 2 is 2.00 bits per heavy atom. The van der Waals surface area contributed by atoms with Crippen LogP contribution in [0.4, 0.5) is 0 Å². The van der Waals surface area contributed by atoms with Crippen LogP contribution in [-0.4, -0.2) is 12.1 Å². The maximum Gasteiger partial charge on any atom is 0.128 e. The monoisotopic (exact) mass is 289 g/mol. The summed E-state index contributed by atoms with van der Waals surface area (Å²) in [5.74, 6) is 1.12. The minimum Gasteiger partial charge on any atom is -0.487 e. The fraction of sp³-hybridized carbons (Fsp3) is 0.684. The molecule has 0 saturated heterocycles. The maximum atomic E-state index is 6.40. The molecule has 0 radical (unpaired) electrons. The van der Waals surface area contributed by atoms with Crippen LogP contribution in [0, 0.1) is 13.8 Å². The van der Waals surface area contributed by atoms with Crippen LogP contribution in [0.5, 0.6) is 5.75 Å². The van der Waals surface area contributed by atoms with Crippen molar-refractivity contribution >= 4 is 0 Å². The number of ether oxygens (including phenoxy) is 1. The predicted molar refractivity (Wildman–Crippen MR) is 90.1 cm³/mol. The van der Waals surface area contributed by atoms with Crippen LogP contribution in [0.1, 0.15) is 75.6 Å². The number of unbranched alkanes of at least 4 members (excludes halogenated alkanes) is 2. The van der Waals surface area contributed by atoms with E-state index in [1.54, 1.807) is 0 Å². The van der Waals surface area contributed by atoms with E-state index in [1.165, 1.54) is 36.0 Å². The van der Waals surface area contributed by atoms with Crippen LogP contribution in [0.3, 0.4) is 0 Å². The van der Waals surface area contributed by atoms with E-state index in [-0.39, 0.29) is 5.60 Å². The first-order chi connectivity index (χ1) is 10.0. The van der Waals surface area contributed by atoms with Crippen LogP contribution in [0.2, 0.25) is 0 Å². The van der Waals surface area contributed by atoms with Gasteiger partial charge in [-0.1, -0.05) is 38.8 Å². The highest BCUT2D eigenvalue weighted by Gasteiger charge is 2.36. The van der Waals surface area contributed by atoms with Crippen LogP contribution >= 0.6 is 0 Å². The zero-order chi connectivity index (χ0) is 15.5. The van der Waals surface area contributed by atoms with Gasteiger partial charge >= 0.3 is 0 Å². The van der Waals surface area contributed by atoms with Gasteiger partial charge in [0.1, 0.15) is 11.4 Å². The zero-order valence-corrected chi connectivity index (χ0v) is 14.4. The lowest BCUT2D eigenvalue weighted by molar-refractivity contribution is 0.0433. The van der Waals surface area contributed by atoms with Gasteiger partial charge in [-0.25, -0.2) is 0 Å². The number of nitrogens with one attached hydrogen (secondary N) is 1. The summed E-state index contributed by atoms with van der Waals surface area (Å²) in [5, 5.41) is 3.77. The lowest BCUT2D eigenvalue weighted by Crippen LogP contribution is -2.42. The van der Waals surface area contributed by atoms with E-state index in [1.807, 2.05) is 0 Å². The van der Waals surface area contributed by atoms with Gasteiger partial charge in [-0.2, -0.15) is 0 Å². The van der Waals surface area contributed by atoms with Crippen molar-refractivity contribution in [3.8, 4) is 5.75 Å². The number of benzene rings is 1. The van der Waals surface area contributed by atoms with E-state index in [2.05, 4.69) is 52.1 Å². The van der Waals surface area contributed by atoms with Crippen molar-refractivity contribution in [1.29, 1.82) is 0 Å². The van der Waals surface area contributed by atoms with E-state index in [9.17, 15) is 0 Å². The Morgan fingerprint density at radius 3 is 2.67 bits per heavy atom. The highest BCUT2D eigenvalue weighted by molar-refractivity contribution is 5.48. The molecular weight excluding hydrogens is 258 g/mol. The van der Waals surface area contributed by atoms with Gasteiger partial charge in [0.05, 0.1) is 0 Å². The van der Waals surface area contributed by atoms with Crippen molar-refractivity contribution in [3.63, 3.8) is 0 Å². The number of hydrogen-bond donors (Lipinski definition) is 1. The summed E-state index contributed by atoms with van der Waals surface area (Å²) < 4.78 is 6.40. The van der Waals surface area contributed by atoms with Crippen molar-refractivity contribution in [2.75, 3.05) is 6.54 Å². The Balaban J connectivity index is 2.23. The molecule has 1 aromatic carbocycles. The molecule has 0 saturated carbocycles. The van der Waals surface area contributed by atoms with Gasteiger partial charge in [0, 0.05) is 18.0 Å². The molecule has 118 valence electrons. The molecule has 2 rings (SSSR count). The minimum atomic E-state index is -0.0476. The Bertz CT molecular complexity index is 483. The number of aryl methyl sites for hydroxylation is 1. The summed E-state index contributed by atoms with van der Waals surface area (Å²) in [6.07, 6.45) is 5.95. The van der Waals surface area contributed by atoms with Gasteiger partial charge in [0.2, 0.25) is 0 Å². The van der Waals surface area contributed by atoms with Gasteiger partial charge in [0.15, 0.2) is 0 Å². The first-order valence-electron chi connectivity index (χ1n) is 8.53. The fourth-order valence-corrected chi connectivity index (χ4v) is 3.10.